The van der Waals surface area contributed by atoms with Crippen LogP contribution in [-0.4, -0.2) is 12.6 Å². The predicted molar refractivity (Wildman–Crippen MR) is 62.6 cm³/mol. The zero-order valence-corrected chi connectivity index (χ0v) is 10.1. The quantitative estimate of drug-likeness (QED) is 0.790. The van der Waals surface area contributed by atoms with E-state index in [2.05, 4.69) is 19.2 Å². The van der Waals surface area contributed by atoms with Crippen molar-refractivity contribution in [2.45, 2.75) is 39.3 Å². The fraction of sp³-hybridized carbons (Fsp3) is 0.667. The Morgan fingerprint density at radius 1 is 1.33 bits per heavy atom. The van der Waals surface area contributed by atoms with Crippen molar-refractivity contribution in [3.05, 3.63) is 15.3 Å². The van der Waals surface area contributed by atoms with E-state index in [-0.39, 0.29) is 0 Å². The molecule has 0 aromatic carbocycles. The van der Waals surface area contributed by atoms with Crippen LogP contribution in [0.5, 0.6) is 5.75 Å². The molecule has 2 aliphatic rings. The molecule has 1 unspecified atom stereocenters. The molecule has 1 aromatic rings. The fourth-order valence-electron chi connectivity index (χ4n) is 2.24. The van der Waals surface area contributed by atoms with E-state index in [0.29, 0.717) is 6.04 Å². The van der Waals surface area contributed by atoms with Gasteiger partial charge in [0.25, 0.3) is 0 Å². The summed E-state index contributed by atoms with van der Waals surface area (Å²) in [5, 5.41) is 3.63. The summed E-state index contributed by atoms with van der Waals surface area (Å²) in [4.78, 5) is 2.78. The van der Waals surface area contributed by atoms with Crippen molar-refractivity contribution in [1.82, 2.24) is 5.32 Å². The van der Waals surface area contributed by atoms with Crippen LogP contribution in [0, 0.1) is 19.8 Å². The molecule has 0 saturated heterocycles. The molecular formula is C12H17NOS. The molecule has 1 saturated carbocycles. The van der Waals surface area contributed by atoms with Gasteiger partial charge in [0.15, 0.2) is 0 Å². The van der Waals surface area contributed by atoms with Crippen LogP contribution >= 0.6 is 11.3 Å². The van der Waals surface area contributed by atoms with Gasteiger partial charge in [0.05, 0.1) is 4.88 Å². The van der Waals surface area contributed by atoms with Gasteiger partial charge in [-0.1, -0.05) is 0 Å². The lowest BCUT2D eigenvalue weighted by atomic mass is 10.2. The van der Waals surface area contributed by atoms with Crippen molar-refractivity contribution in [1.29, 1.82) is 0 Å². The Kier molecular flexibility index (Phi) is 2.25. The summed E-state index contributed by atoms with van der Waals surface area (Å²) in [6.07, 6.45) is 2.76. The lowest BCUT2D eigenvalue weighted by Gasteiger charge is -2.14. The first kappa shape index (κ1) is 9.67. The molecule has 0 amide bonds. The molecule has 1 atom stereocenters. The molecule has 1 aromatic heterocycles. The van der Waals surface area contributed by atoms with Crippen LogP contribution in [0.15, 0.2) is 0 Å². The van der Waals surface area contributed by atoms with E-state index in [1.54, 1.807) is 0 Å². The van der Waals surface area contributed by atoms with E-state index in [4.69, 9.17) is 4.74 Å². The van der Waals surface area contributed by atoms with Gasteiger partial charge >= 0.3 is 0 Å². The number of rotatable bonds is 1. The third-order valence-corrected chi connectivity index (χ3v) is 4.71. The summed E-state index contributed by atoms with van der Waals surface area (Å²) >= 11 is 1.88. The summed E-state index contributed by atoms with van der Waals surface area (Å²) in [7, 11) is 0. The maximum Gasteiger partial charge on any atom is 0.137 e. The second kappa shape index (κ2) is 3.49. The Hall–Kier alpha value is -0.540. The molecule has 15 heavy (non-hydrogen) atoms. The molecule has 82 valence electrons. The van der Waals surface area contributed by atoms with Crippen molar-refractivity contribution in [2.24, 2.45) is 5.92 Å². The third kappa shape index (κ3) is 1.68. The SMILES string of the molecule is Cc1sc2c(c1C)OCC(C1CC1)NC2. The maximum absolute atomic E-state index is 5.96. The number of hydrogen-bond donors (Lipinski definition) is 1. The van der Waals surface area contributed by atoms with Gasteiger partial charge in [-0.2, -0.15) is 0 Å². The van der Waals surface area contributed by atoms with E-state index in [1.807, 2.05) is 11.3 Å². The number of aryl methyl sites for hydroxylation is 1. The average molecular weight is 223 g/mol. The predicted octanol–water partition coefficient (Wildman–Crippen LogP) is 2.63. The van der Waals surface area contributed by atoms with Gasteiger partial charge < -0.3 is 10.1 Å². The third-order valence-electron chi connectivity index (χ3n) is 3.52. The first-order valence-electron chi connectivity index (χ1n) is 5.70. The first-order valence-corrected chi connectivity index (χ1v) is 6.52. The molecule has 1 aliphatic heterocycles. The zero-order chi connectivity index (χ0) is 10.4. The van der Waals surface area contributed by atoms with Crippen molar-refractivity contribution in [2.75, 3.05) is 6.61 Å². The highest BCUT2D eigenvalue weighted by molar-refractivity contribution is 7.12. The lowest BCUT2D eigenvalue weighted by Crippen LogP contribution is -2.33. The monoisotopic (exact) mass is 223 g/mol. The summed E-state index contributed by atoms with van der Waals surface area (Å²) in [5.41, 5.74) is 1.34. The van der Waals surface area contributed by atoms with E-state index in [9.17, 15) is 0 Å². The number of ether oxygens (including phenoxy) is 1. The van der Waals surface area contributed by atoms with Crippen LogP contribution in [0.2, 0.25) is 0 Å². The molecule has 2 nitrogen and oxygen atoms in total. The topological polar surface area (TPSA) is 21.3 Å². The van der Waals surface area contributed by atoms with Gasteiger partial charge in [-0.25, -0.2) is 0 Å². The average Bonchev–Trinajstić information content (AvgIpc) is 2.99. The highest BCUT2D eigenvalue weighted by atomic mass is 32.1. The van der Waals surface area contributed by atoms with Crippen LogP contribution in [-0.2, 0) is 6.54 Å². The van der Waals surface area contributed by atoms with Crippen LogP contribution in [0.4, 0.5) is 0 Å². The lowest BCUT2D eigenvalue weighted by molar-refractivity contribution is 0.262. The molecule has 3 heteroatoms. The minimum atomic E-state index is 0.587. The maximum atomic E-state index is 5.96. The Bertz CT molecular complexity index is 381. The van der Waals surface area contributed by atoms with Crippen LogP contribution in [0.1, 0.15) is 28.2 Å². The minimum Gasteiger partial charge on any atom is -0.490 e. The standard InChI is InChI=1S/C12H17NOS/c1-7-8(2)15-11-5-13-10(9-3-4-9)6-14-12(7)11/h9-10,13H,3-6H2,1-2H3. The Balaban J connectivity index is 1.83. The van der Waals surface area contributed by atoms with E-state index in [1.165, 1.54) is 28.2 Å². The molecule has 3 rings (SSSR count). The minimum absolute atomic E-state index is 0.587. The molecule has 0 radical (unpaired) electrons. The normalized spacial score (nSPS) is 25.6. The Morgan fingerprint density at radius 3 is 2.87 bits per heavy atom. The van der Waals surface area contributed by atoms with Gasteiger partial charge in [0, 0.05) is 23.0 Å². The van der Waals surface area contributed by atoms with Crippen molar-refractivity contribution in [3.63, 3.8) is 0 Å². The second-order valence-corrected chi connectivity index (χ2v) is 5.98. The zero-order valence-electron chi connectivity index (χ0n) is 9.30. The summed E-state index contributed by atoms with van der Waals surface area (Å²) in [5.74, 6) is 2.04. The van der Waals surface area contributed by atoms with E-state index in [0.717, 1.165) is 24.8 Å². The number of nitrogens with one attached hydrogen (secondary N) is 1. The molecule has 1 aliphatic carbocycles. The number of fused-ring (bicyclic) bond motifs is 1. The van der Waals surface area contributed by atoms with Gasteiger partial charge in [-0.3, -0.25) is 0 Å². The Morgan fingerprint density at radius 2 is 2.13 bits per heavy atom. The van der Waals surface area contributed by atoms with Crippen LogP contribution in [0.3, 0.4) is 0 Å². The molecule has 1 fully saturated rings. The molecule has 0 bridgehead atoms. The number of thiophene rings is 1. The summed E-state index contributed by atoms with van der Waals surface area (Å²) in [6, 6.07) is 0.587. The van der Waals surface area contributed by atoms with Gasteiger partial charge in [0.1, 0.15) is 12.4 Å². The smallest absolute Gasteiger partial charge is 0.137 e. The fourth-order valence-corrected chi connectivity index (χ4v) is 3.31. The van der Waals surface area contributed by atoms with Gasteiger partial charge in [-0.15, -0.1) is 11.3 Å². The highest BCUT2D eigenvalue weighted by Gasteiger charge is 2.33. The number of hydrogen-bond acceptors (Lipinski definition) is 3. The largest absolute Gasteiger partial charge is 0.490 e. The van der Waals surface area contributed by atoms with Crippen molar-refractivity contribution < 1.29 is 4.74 Å². The van der Waals surface area contributed by atoms with Crippen LogP contribution < -0.4 is 10.1 Å². The Labute approximate surface area is 94.6 Å². The van der Waals surface area contributed by atoms with Crippen LogP contribution in [0.25, 0.3) is 0 Å². The summed E-state index contributed by atoms with van der Waals surface area (Å²) in [6.45, 7) is 6.20. The van der Waals surface area contributed by atoms with Crippen molar-refractivity contribution >= 4 is 11.3 Å². The highest BCUT2D eigenvalue weighted by Crippen LogP contribution is 2.39. The van der Waals surface area contributed by atoms with Crippen molar-refractivity contribution in [3.8, 4) is 5.75 Å². The molecular weight excluding hydrogens is 206 g/mol. The first-order chi connectivity index (χ1) is 7.25. The summed E-state index contributed by atoms with van der Waals surface area (Å²) < 4.78 is 5.96. The molecule has 1 N–H and O–H groups in total. The van der Waals surface area contributed by atoms with Gasteiger partial charge in [-0.05, 0) is 32.6 Å². The van der Waals surface area contributed by atoms with E-state index < -0.39 is 0 Å². The van der Waals surface area contributed by atoms with Gasteiger partial charge in [0.2, 0.25) is 0 Å². The van der Waals surface area contributed by atoms with E-state index >= 15 is 0 Å². The molecule has 0 spiro atoms. The second-order valence-electron chi connectivity index (χ2n) is 4.67. The molecule has 2 heterocycles.